The fourth-order valence-corrected chi connectivity index (χ4v) is 3.80. The highest BCUT2D eigenvalue weighted by molar-refractivity contribution is 6.30. The number of benzene rings is 2. The summed E-state index contributed by atoms with van der Waals surface area (Å²) in [6.45, 7) is 3.90. The Morgan fingerprint density at radius 2 is 1.79 bits per heavy atom. The molecule has 1 heterocycles. The zero-order valence-electron chi connectivity index (χ0n) is 19.2. The van der Waals surface area contributed by atoms with E-state index < -0.39 is 30.4 Å². The lowest BCUT2D eigenvalue weighted by atomic mass is 10.0. The van der Waals surface area contributed by atoms with Crippen LogP contribution in [0.3, 0.4) is 0 Å². The first-order chi connectivity index (χ1) is 16.2. The molecule has 2 aromatic carbocycles. The third-order valence-corrected chi connectivity index (χ3v) is 5.54. The maximum Gasteiger partial charge on any atom is 0.329 e. The van der Waals surface area contributed by atoms with E-state index in [9.17, 15) is 19.2 Å². The van der Waals surface area contributed by atoms with E-state index in [1.54, 1.807) is 53.4 Å². The Morgan fingerprint density at radius 3 is 2.44 bits per heavy atom. The molecule has 1 unspecified atom stereocenters. The van der Waals surface area contributed by atoms with Crippen LogP contribution in [0, 0.1) is 5.92 Å². The quantitative estimate of drug-likeness (QED) is 0.526. The number of anilines is 2. The number of halogens is 1. The average Bonchev–Trinajstić information content (AvgIpc) is 3.23. The molecule has 9 heteroatoms. The molecule has 1 fully saturated rings. The Kier molecular flexibility index (Phi) is 8.65. The number of carbonyl (C=O) groups excluding carboxylic acids is 4. The predicted molar refractivity (Wildman–Crippen MR) is 130 cm³/mol. The van der Waals surface area contributed by atoms with Gasteiger partial charge in [0.1, 0.15) is 6.04 Å². The summed E-state index contributed by atoms with van der Waals surface area (Å²) in [5, 5.41) is 5.88. The smallest absolute Gasteiger partial charge is 0.329 e. The second-order valence-electron chi connectivity index (χ2n) is 8.48. The lowest BCUT2D eigenvalue weighted by Gasteiger charge is -2.21. The minimum absolute atomic E-state index is 0.00100. The van der Waals surface area contributed by atoms with Crippen LogP contribution in [0.2, 0.25) is 5.02 Å². The summed E-state index contributed by atoms with van der Waals surface area (Å²) in [6, 6.07) is 12.4. The highest BCUT2D eigenvalue weighted by Crippen LogP contribution is 2.29. The van der Waals surface area contributed by atoms with Crippen molar-refractivity contribution in [2.75, 3.05) is 23.4 Å². The maximum atomic E-state index is 12.7. The SMILES string of the molecule is CC(C)CC(NC(=O)c1ccc(Cl)cc1)C(=O)OCC(=O)Nc1ccccc1N1CCCC1=O. The number of esters is 1. The molecular weight excluding hydrogens is 458 g/mol. The molecule has 0 spiro atoms. The first kappa shape index (κ1) is 25.2. The highest BCUT2D eigenvalue weighted by atomic mass is 35.5. The van der Waals surface area contributed by atoms with E-state index in [-0.39, 0.29) is 11.8 Å². The fraction of sp³-hybridized carbons (Fsp3) is 0.360. The van der Waals surface area contributed by atoms with Gasteiger partial charge in [-0.2, -0.15) is 0 Å². The first-order valence-corrected chi connectivity index (χ1v) is 11.5. The van der Waals surface area contributed by atoms with Crippen LogP contribution in [-0.2, 0) is 19.1 Å². The molecule has 1 aliphatic heterocycles. The van der Waals surface area contributed by atoms with E-state index in [0.29, 0.717) is 41.3 Å². The first-order valence-electron chi connectivity index (χ1n) is 11.2. The van der Waals surface area contributed by atoms with Crippen molar-refractivity contribution in [2.45, 2.75) is 39.2 Å². The summed E-state index contributed by atoms with van der Waals surface area (Å²) < 4.78 is 5.21. The molecule has 0 bridgehead atoms. The molecule has 1 saturated heterocycles. The van der Waals surface area contributed by atoms with Gasteiger partial charge in [-0.25, -0.2) is 4.79 Å². The van der Waals surface area contributed by atoms with Gasteiger partial charge in [0.15, 0.2) is 6.61 Å². The van der Waals surface area contributed by atoms with Gasteiger partial charge >= 0.3 is 5.97 Å². The molecule has 2 aromatic rings. The number of hydrogen-bond acceptors (Lipinski definition) is 5. The Morgan fingerprint density at radius 1 is 1.09 bits per heavy atom. The molecule has 180 valence electrons. The van der Waals surface area contributed by atoms with Gasteiger partial charge in [-0.3, -0.25) is 14.4 Å². The molecule has 0 radical (unpaired) electrons. The number of hydrogen-bond donors (Lipinski definition) is 2. The van der Waals surface area contributed by atoms with Crippen LogP contribution in [0.5, 0.6) is 0 Å². The number of para-hydroxylation sites is 2. The average molecular weight is 486 g/mol. The molecule has 0 aliphatic carbocycles. The number of amides is 3. The number of nitrogens with zero attached hydrogens (tertiary/aromatic N) is 1. The summed E-state index contributed by atoms with van der Waals surface area (Å²) >= 11 is 5.86. The van der Waals surface area contributed by atoms with Crippen LogP contribution in [0.1, 0.15) is 43.5 Å². The second-order valence-corrected chi connectivity index (χ2v) is 8.92. The van der Waals surface area contributed by atoms with E-state index >= 15 is 0 Å². The van der Waals surface area contributed by atoms with Crippen molar-refractivity contribution < 1.29 is 23.9 Å². The molecule has 0 saturated carbocycles. The molecular formula is C25H28ClN3O5. The van der Waals surface area contributed by atoms with Gasteiger partial charge in [-0.1, -0.05) is 37.6 Å². The zero-order valence-corrected chi connectivity index (χ0v) is 19.9. The Balaban J connectivity index is 1.60. The summed E-state index contributed by atoms with van der Waals surface area (Å²) in [5.74, 6) is -1.58. The van der Waals surface area contributed by atoms with Crippen LogP contribution in [0.4, 0.5) is 11.4 Å². The van der Waals surface area contributed by atoms with Gasteiger partial charge in [0.05, 0.1) is 11.4 Å². The highest BCUT2D eigenvalue weighted by Gasteiger charge is 2.26. The summed E-state index contributed by atoms with van der Waals surface area (Å²) in [7, 11) is 0. The van der Waals surface area contributed by atoms with Gasteiger partial charge < -0.3 is 20.3 Å². The molecule has 34 heavy (non-hydrogen) atoms. The Labute approximate surface area is 203 Å². The van der Waals surface area contributed by atoms with Crippen LogP contribution >= 0.6 is 11.6 Å². The topological polar surface area (TPSA) is 105 Å². The Bertz CT molecular complexity index is 1050. The van der Waals surface area contributed by atoms with E-state index in [4.69, 9.17) is 16.3 Å². The number of carbonyl (C=O) groups is 4. The number of nitrogens with one attached hydrogen (secondary N) is 2. The normalized spacial score (nSPS) is 14.1. The minimum Gasteiger partial charge on any atom is -0.454 e. The van der Waals surface area contributed by atoms with Crippen molar-refractivity contribution in [1.82, 2.24) is 5.32 Å². The van der Waals surface area contributed by atoms with E-state index in [1.807, 2.05) is 13.8 Å². The zero-order chi connectivity index (χ0) is 24.7. The van der Waals surface area contributed by atoms with Crippen LogP contribution in [0.25, 0.3) is 0 Å². The molecule has 1 aliphatic rings. The number of rotatable bonds is 9. The largest absolute Gasteiger partial charge is 0.454 e. The van der Waals surface area contributed by atoms with Crippen molar-refractivity contribution in [2.24, 2.45) is 5.92 Å². The van der Waals surface area contributed by atoms with Gasteiger partial charge in [-0.15, -0.1) is 0 Å². The molecule has 3 amide bonds. The van der Waals surface area contributed by atoms with Crippen LogP contribution in [-0.4, -0.2) is 42.9 Å². The monoisotopic (exact) mass is 485 g/mol. The van der Waals surface area contributed by atoms with Gasteiger partial charge in [-0.05, 0) is 55.2 Å². The molecule has 2 N–H and O–H groups in total. The van der Waals surface area contributed by atoms with Gasteiger partial charge in [0.2, 0.25) is 5.91 Å². The van der Waals surface area contributed by atoms with E-state index in [1.165, 1.54) is 0 Å². The maximum absolute atomic E-state index is 12.7. The molecule has 8 nitrogen and oxygen atoms in total. The number of ether oxygens (including phenoxy) is 1. The second kappa shape index (κ2) is 11.7. The summed E-state index contributed by atoms with van der Waals surface area (Å²) in [5.41, 5.74) is 1.43. The fourth-order valence-electron chi connectivity index (χ4n) is 3.67. The minimum atomic E-state index is -0.912. The van der Waals surface area contributed by atoms with E-state index in [0.717, 1.165) is 6.42 Å². The summed E-state index contributed by atoms with van der Waals surface area (Å²) in [4.78, 5) is 51.5. The standard InChI is InChI=1S/C25H28ClN3O5/c1-16(2)14-20(28-24(32)17-9-11-18(26)12-10-17)25(33)34-15-22(30)27-19-6-3-4-7-21(19)29-13-5-8-23(29)31/h3-4,6-7,9-12,16,20H,5,8,13-15H2,1-2H3,(H,27,30)(H,28,32). The van der Waals surface area contributed by atoms with Crippen LogP contribution < -0.4 is 15.5 Å². The van der Waals surface area contributed by atoms with Crippen molar-refractivity contribution in [3.05, 3.63) is 59.1 Å². The van der Waals surface area contributed by atoms with Crippen molar-refractivity contribution >= 4 is 46.7 Å². The summed E-state index contributed by atoms with van der Waals surface area (Å²) in [6.07, 6.45) is 1.58. The molecule has 0 aromatic heterocycles. The lowest BCUT2D eigenvalue weighted by Crippen LogP contribution is -2.43. The third kappa shape index (κ3) is 6.81. The van der Waals surface area contributed by atoms with E-state index in [2.05, 4.69) is 10.6 Å². The Hall–Kier alpha value is -3.39. The molecule has 3 rings (SSSR count). The van der Waals surface area contributed by atoms with Crippen molar-refractivity contribution in [3.63, 3.8) is 0 Å². The molecule has 1 atom stereocenters. The predicted octanol–water partition coefficient (Wildman–Crippen LogP) is 3.79. The third-order valence-electron chi connectivity index (χ3n) is 5.29. The lowest BCUT2D eigenvalue weighted by molar-refractivity contribution is -0.149. The van der Waals surface area contributed by atoms with Gasteiger partial charge in [0, 0.05) is 23.6 Å². The van der Waals surface area contributed by atoms with Gasteiger partial charge in [0.25, 0.3) is 11.8 Å². The van der Waals surface area contributed by atoms with Crippen LogP contribution in [0.15, 0.2) is 48.5 Å². The van der Waals surface area contributed by atoms with Crippen molar-refractivity contribution in [3.8, 4) is 0 Å². The van der Waals surface area contributed by atoms with Crippen molar-refractivity contribution in [1.29, 1.82) is 0 Å².